The summed E-state index contributed by atoms with van der Waals surface area (Å²) < 4.78 is 0. The molecule has 1 fully saturated rings. The Kier molecular flexibility index (Phi) is 3.45. The lowest BCUT2D eigenvalue weighted by Crippen LogP contribution is -2.40. The molecule has 0 aromatic rings. The Morgan fingerprint density at radius 2 is 2.33 bits per heavy atom. The molecule has 1 saturated heterocycles. The van der Waals surface area contributed by atoms with Gasteiger partial charge in [0, 0.05) is 19.1 Å². The lowest BCUT2D eigenvalue weighted by molar-refractivity contribution is 0.197. The average molecular weight is 168 g/mol. The summed E-state index contributed by atoms with van der Waals surface area (Å²) in [5.74, 6) is 1.10. The van der Waals surface area contributed by atoms with Crippen molar-refractivity contribution in [2.24, 2.45) is 0 Å². The van der Waals surface area contributed by atoms with E-state index >= 15 is 0 Å². The molecule has 2 nitrogen and oxygen atoms in total. The van der Waals surface area contributed by atoms with Gasteiger partial charge < -0.3 is 10.2 Å². The predicted octanol–water partition coefficient (Wildman–Crippen LogP) is 1.94. The molecule has 0 aromatic heterocycles. The molecule has 12 heavy (non-hydrogen) atoms. The SMILES string of the molecule is C=C(NCC)N1CCCC[C@@H]1C. The molecule has 2 heteroatoms. The highest BCUT2D eigenvalue weighted by molar-refractivity contribution is 4.94. The number of rotatable bonds is 3. The molecule has 0 saturated carbocycles. The largest absolute Gasteiger partial charge is 0.373 e. The third-order valence-electron chi connectivity index (χ3n) is 2.53. The van der Waals surface area contributed by atoms with Crippen LogP contribution < -0.4 is 5.32 Å². The zero-order valence-corrected chi connectivity index (χ0v) is 8.27. The van der Waals surface area contributed by atoms with Crippen LogP contribution in [-0.4, -0.2) is 24.0 Å². The number of likely N-dealkylation sites (tertiary alicyclic amines) is 1. The first-order valence-corrected chi connectivity index (χ1v) is 4.95. The van der Waals surface area contributed by atoms with Gasteiger partial charge >= 0.3 is 0 Å². The first-order chi connectivity index (χ1) is 5.75. The fraction of sp³-hybridized carbons (Fsp3) is 0.800. The van der Waals surface area contributed by atoms with E-state index in [1.54, 1.807) is 0 Å². The van der Waals surface area contributed by atoms with Crippen molar-refractivity contribution in [2.75, 3.05) is 13.1 Å². The maximum Gasteiger partial charge on any atom is 0.0941 e. The zero-order valence-electron chi connectivity index (χ0n) is 8.27. The molecule has 0 radical (unpaired) electrons. The number of hydrogen-bond donors (Lipinski definition) is 1. The summed E-state index contributed by atoms with van der Waals surface area (Å²) in [7, 11) is 0. The zero-order chi connectivity index (χ0) is 8.97. The molecule has 0 bridgehead atoms. The van der Waals surface area contributed by atoms with E-state index in [0.717, 1.165) is 12.4 Å². The lowest BCUT2D eigenvalue weighted by Gasteiger charge is -2.36. The van der Waals surface area contributed by atoms with Crippen molar-refractivity contribution in [1.29, 1.82) is 0 Å². The highest BCUT2D eigenvalue weighted by atomic mass is 15.3. The highest BCUT2D eigenvalue weighted by Crippen LogP contribution is 2.18. The minimum Gasteiger partial charge on any atom is -0.373 e. The first kappa shape index (κ1) is 9.43. The minimum absolute atomic E-state index is 0.672. The van der Waals surface area contributed by atoms with E-state index in [9.17, 15) is 0 Å². The maximum atomic E-state index is 4.03. The second-order valence-electron chi connectivity index (χ2n) is 3.52. The molecule has 1 heterocycles. The molecule has 0 amide bonds. The van der Waals surface area contributed by atoms with Gasteiger partial charge in [0.25, 0.3) is 0 Å². The Hall–Kier alpha value is -0.660. The van der Waals surface area contributed by atoms with Gasteiger partial charge in [0.2, 0.25) is 0 Å². The molecule has 1 atom stereocenters. The topological polar surface area (TPSA) is 15.3 Å². The molecule has 1 aliphatic heterocycles. The molecule has 1 N–H and O–H groups in total. The summed E-state index contributed by atoms with van der Waals surface area (Å²) in [5.41, 5.74) is 0. The smallest absolute Gasteiger partial charge is 0.0941 e. The third-order valence-corrected chi connectivity index (χ3v) is 2.53. The van der Waals surface area contributed by atoms with Gasteiger partial charge in [-0.1, -0.05) is 6.58 Å². The van der Waals surface area contributed by atoms with Gasteiger partial charge in [0.05, 0.1) is 5.82 Å². The monoisotopic (exact) mass is 168 g/mol. The number of nitrogens with zero attached hydrogens (tertiary/aromatic N) is 1. The minimum atomic E-state index is 0.672. The Balaban J connectivity index is 2.42. The standard InChI is InChI=1S/C10H20N2/c1-4-11-10(3)12-8-6-5-7-9(12)2/h9,11H,3-8H2,1-2H3/t9-/m0/s1. The van der Waals surface area contributed by atoms with Crippen LogP contribution in [0.3, 0.4) is 0 Å². The van der Waals surface area contributed by atoms with Crippen molar-refractivity contribution in [3.8, 4) is 0 Å². The Morgan fingerprint density at radius 1 is 1.58 bits per heavy atom. The summed E-state index contributed by atoms with van der Waals surface area (Å²) >= 11 is 0. The fourth-order valence-corrected chi connectivity index (χ4v) is 1.80. The van der Waals surface area contributed by atoms with Gasteiger partial charge in [0.1, 0.15) is 0 Å². The van der Waals surface area contributed by atoms with Gasteiger partial charge in [-0.15, -0.1) is 0 Å². The van der Waals surface area contributed by atoms with Crippen LogP contribution in [0.1, 0.15) is 33.1 Å². The van der Waals surface area contributed by atoms with E-state index in [4.69, 9.17) is 0 Å². The van der Waals surface area contributed by atoms with Crippen LogP contribution in [0.2, 0.25) is 0 Å². The van der Waals surface area contributed by atoms with E-state index < -0.39 is 0 Å². The molecular formula is C10H20N2. The van der Waals surface area contributed by atoms with E-state index in [0.29, 0.717) is 6.04 Å². The third kappa shape index (κ3) is 2.16. The van der Waals surface area contributed by atoms with Crippen LogP contribution in [0.15, 0.2) is 12.4 Å². The van der Waals surface area contributed by atoms with Crippen molar-refractivity contribution in [3.63, 3.8) is 0 Å². The molecule has 0 spiro atoms. The number of hydrogen-bond acceptors (Lipinski definition) is 2. The van der Waals surface area contributed by atoms with Gasteiger partial charge in [-0.25, -0.2) is 0 Å². The van der Waals surface area contributed by atoms with Gasteiger partial charge in [-0.2, -0.15) is 0 Å². The molecule has 1 rings (SSSR count). The first-order valence-electron chi connectivity index (χ1n) is 4.95. The van der Waals surface area contributed by atoms with Crippen LogP contribution in [0.25, 0.3) is 0 Å². The summed E-state index contributed by atoms with van der Waals surface area (Å²) in [5, 5.41) is 3.28. The summed E-state index contributed by atoms with van der Waals surface area (Å²) in [4.78, 5) is 2.38. The van der Waals surface area contributed by atoms with Crippen molar-refractivity contribution in [2.45, 2.75) is 39.2 Å². The van der Waals surface area contributed by atoms with Gasteiger partial charge in [-0.05, 0) is 33.1 Å². The van der Waals surface area contributed by atoms with Crippen LogP contribution >= 0.6 is 0 Å². The Labute approximate surface area is 75.6 Å². The van der Waals surface area contributed by atoms with E-state index in [2.05, 4.69) is 30.6 Å². The van der Waals surface area contributed by atoms with Crippen LogP contribution in [0.4, 0.5) is 0 Å². The highest BCUT2D eigenvalue weighted by Gasteiger charge is 2.18. The average Bonchev–Trinajstić information content (AvgIpc) is 2.05. The van der Waals surface area contributed by atoms with Gasteiger partial charge in [-0.3, -0.25) is 0 Å². The summed E-state index contributed by atoms with van der Waals surface area (Å²) in [6.45, 7) is 10.6. The van der Waals surface area contributed by atoms with E-state index in [1.807, 2.05) is 0 Å². The van der Waals surface area contributed by atoms with Crippen molar-refractivity contribution in [1.82, 2.24) is 10.2 Å². The normalized spacial score (nSPS) is 23.8. The molecule has 1 aliphatic rings. The van der Waals surface area contributed by atoms with Crippen molar-refractivity contribution < 1.29 is 0 Å². The lowest BCUT2D eigenvalue weighted by atomic mass is 10.0. The van der Waals surface area contributed by atoms with Crippen LogP contribution in [0, 0.1) is 0 Å². The second-order valence-corrected chi connectivity index (χ2v) is 3.52. The molecule has 0 aromatic carbocycles. The number of nitrogens with one attached hydrogen (secondary N) is 1. The molecule has 0 aliphatic carbocycles. The fourth-order valence-electron chi connectivity index (χ4n) is 1.80. The second kappa shape index (κ2) is 4.39. The molecular weight excluding hydrogens is 148 g/mol. The predicted molar refractivity (Wildman–Crippen MR) is 52.8 cm³/mol. The van der Waals surface area contributed by atoms with Gasteiger partial charge in [0.15, 0.2) is 0 Å². The molecule has 0 unspecified atom stereocenters. The molecule has 70 valence electrons. The Bertz CT molecular complexity index is 154. The van der Waals surface area contributed by atoms with Crippen LogP contribution in [-0.2, 0) is 0 Å². The van der Waals surface area contributed by atoms with Crippen molar-refractivity contribution >= 4 is 0 Å². The van der Waals surface area contributed by atoms with Crippen molar-refractivity contribution in [3.05, 3.63) is 12.4 Å². The number of piperidine rings is 1. The quantitative estimate of drug-likeness (QED) is 0.693. The van der Waals surface area contributed by atoms with E-state index in [-0.39, 0.29) is 0 Å². The van der Waals surface area contributed by atoms with E-state index in [1.165, 1.54) is 25.8 Å². The maximum absolute atomic E-state index is 4.03. The van der Waals surface area contributed by atoms with Crippen LogP contribution in [0.5, 0.6) is 0 Å². The Morgan fingerprint density at radius 3 is 2.92 bits per heavy atom. The summed E-state index contributed by atoms with van der Waals surface area (Å²) in [6, 6.07) is 0.672. The summed E-state index contributed by atoms with van der Waals surface area (Å²) in [6.07, 6.45) is 4.00.